The Kier molecular flexibility index (Phi) is 3.78. The van der Waals surface area contributed by atoms with Gasteiger partial charge in [-0.1, -0.05) is 0 Å². The molecule has 1 saturated carbocycles. The van der Waals surface area contributed by atoms with Crippen molar-refractivity contribution in [3.05, 3.63) is 0 Å². The molecule has 1 aliphatic rings. The highest BCUT2D eigenvalue weighted by Gasteiger charge is 2.21. The van der Waals surface area contributed by atoms with Crippen LogP contribution >= 0.6 is 11.6 Å². The van der Waals surface area contributed by atoms with Crippen LogP contribution in [-0.2, 0) is 15.5 Å². The predicted molar refractivity (Wildman–Crippen MR) is 43.8 cm³/mol. The van der Waals surface area contributed by atoms with Crippen molar-refractivity contribution < 1.29 is 12.9 Å². The van der Waals surface area contributed by atoms with Crippen molar-refractivity contribution in [1.82, 2.24) is 0 Å². The van der Waals surface area contributed by atoms with Gasteiger partial charge in [0.05, 0.1) is 6.10 Å². The van der Waals surface area contributed by atoms with E-state index < -0.39 is 11.4 Å². The second-order valence-electron chi connectivity index (χ2n) is 2.69. The maximum Gasteiger partial charge on any atom is 0.302 e. The molecule has 1 unspecified atom stereocenters. The fourth-order valence-corrected chi connectivity index (χ4v) is 1.91. The van der Waals surface area contributed by atoms with E-state index in [1.54, 1.807) is 0 Å². The first-order valence-electron chi connectivity index (χ1n) is 3.60. The van der Waals surface area contributed by atoms with Gasteiger partial charge in [0.25, 0.3) is 0 Å². The summed E-state index contributed by atoms with van der Waals surface area (Å²) in [5.41, 5.74) is 0. The van der Waals surface area contributed by atoms with Crippen LogP contribution < -0.4 is 0 Å². The number of alkyl halides is 1. The Morgan fingerprint density at radius 3 is 2.36 bits per heavy atom. The largest absolute Gasteiger partial charge is 0.302 e. The second-order valence-corrected chi connectivity index (χ2v) is 3.93. The summed E-state index contributed by atoms with van der Waals surface area (Å²) in [5.74, 6) is 0. The normalized spacial score (nSPS) is 35.1. The molecule has 0 aliphatic heterocycles. The van der Waals surface area contributed by atoms with E-state index in [0.717, 1.165) is 25.7 Å². The molecule has 11 heavy (non-hydrogen) atoms. The molecule has 0 spiro atoms. The van der Waals surface area contributed by atoms with Gasteiger partial charge in [-0.3, -0.25) is 8.74 Å². The minimum absolute atomic E-state index is 0.0733. The van der Waals surface area contributed by atoms with Crippen molar-refractivity contribution in [2.45, 2.75) is 37.2 Å². The molecular formula is C6H11ClO3S. The first kappa shape index (κ1) is 9.45. The van der Waals surface area contributed by atoms with E-state index in [-0.39, 0.29) is 11.5 Å². The Balaban J connectivity index is 2.22. The van der Waals surface area contributed by atoms with Gasteiger partial charge < -0.3 is 0 Å². The zero-order valence-electron chi connectivity index (χ0n) is 6.03. The molecule has 0 heterocycles. The Hall–Kier alpha value is 0.360. The lowest BCUT2D eigenvalue weighted by molar-refractivity contribution is 0.160. The lowest BCUT2D eigenvalue weighted by atomic mass is 9.98. The van der Waals surface area contributed by atoms with Crippen LogP contribution in [0.15, 0.2) is 0 Å². The molecule has 1 N–H and O–H groups in total. The monoisotopic (exact) mass is 198 g/mol. The van der Waals surface area contributed by atoms with Crippen LogP contribution in [0.5, 0.6) is 0 Å². The average Bonchev–Trinajstić information content (AvgIpc) is 1.93. The molecule has 1 rings (SSSR count). The summed E-state index contributed by atoms with van der Waals surface area (Å²) in [6.07, 6.45) is 3.27. The van der Waals surface area contributed by atoms with Crippen molar-refractivity contribution in [2.24, 2.45) is 0 Å². The van der Waals surface area contributed by atoms with Gasteiger partial charge in [0.2, 0.25) is 0 Å². The Morgan fingerprint density at radius 1 is 1.36 bits per heavy atom. The third kappa shape index (κ3) is 3.51. The lowest BCUT2D eigenvalue weighted by Crippen LogP contribution is -2.22. The summed E-state index contributed by atoms with van der Waals surface area (Å²) in [5, 5.41) is 0.224. The van der Waals surface area contributed by atoms with Crippen LogP contribution in [0, 0.1) is 0 Å². The molecule has 0 bridgehead atoms. The van der Waals surface area contributed by atoms with Crippen LogP contribution in [0.2, 0.25) is 0 Å². The fraction of sp³-hybridized carbons (Fsp3) is 1.00. The maximum atomic E-state index is 10.2. The minimum atomic E-state index is -2.12. The van der Waals surface area contributed by atoms with E-state index in [0.29, 0.717) is 0 Å². The van der Waals surface area contributed by atoms with Gasteiger partial charge in [0, 0.05) is 5.38 Å². The zero-order chi connectivity index (χ0) is 8.27. The van der Waals surface area contributed by atoms with Crippen molar-refractivity contribution in [3.63, 3.8) is 0 Å². The van der Waals surface area contributed by atoms with Crippen LogP contribution in [0.1, 0.15) is 25.7 Å². The first-order chi connectivity index (χ1) is 5.18. The smallest absolute Gasteiger partial charge is 0.284 e. The van der Waals surface area contributed by atoms with Crippen molar-refractivity contribution in [2.75, 3.05) is 0 Å². The Labute approximate surface area is 73.6 Å². The topological polar surface area (TPSA) is 46.5 Å². The lowest BCUT2D eigenvalue weighted by Gasteiger charge is -2.22. The van der Waals surface area contributed by atoms with E-state index in [1.807, 2.05) is 0 Å². The molecule has 0 radical (unpaired) electrons. The molecule has 3 nitrogen and oxygen atoms in total. The first-order valence-corrected chi connectivity index (χ1v) is 5.07. The molecule has 66 valence electrons. The molecule has 0 aromatic rings. The van der Waals surface area contributed by atoms with Crippen LogP contribution in [0.3, 0.4) is 0 Å². The number of rotatable bonds is 2. The molecule has 0 aromatic heterocycles. The van der Waals surface area contributed by atoms with E-state index in [1.165, 1.54) is 0 Å². The van der Waals surface area contributed by atoms with E-state index >= 15 is 0 Å². The van der Waals surface area contributed by atoms with E-state index in [9.17, 15) is 4.21 Å². The van der Waals surface area contributed by atoms with Gasteiger partial charge in [0.15, 0.2) is 0 Å². The third-order valence-corrected chi connectivity index (χ3v) is 2.70. The molecule has 1 fully saturated rings. The quantitative estimate of drug-likeness (QED) is 0.543. The highest BCUT2D eigenvalue weighted by Crippen LogP contribution is 2.24. The van der Waals surface area contributed by atoms with Gasteiger partial charge in [-0.05, 0) is 25.7 Å². The third-order valence-electron chi connectivity index (χ3n) is 1.82. The van der Waals surface area contributed by atoms with Gasteiger partial charge in [-0.25, -0.2) is 0 Å². The summed E-state index contributed by atoms with van der Waals surface area (Å²) in [7, 11) is 0. The highest BCUT2D eigenvalue weighted by atomic mass is 35.5. The highest BCUT2D eigenvalue weighted by molar-refractivity contribution is 7.74. The standard InChI is InChI=1S/C6H11ClO3S/c7-5-1-3-6(4-2-5)10-11(8)9/h5-6H,1-4H2,(H,8,9). The maximum absolute atomic E-state index is 10.2. The molecule has 1 aliphatic carbocycles. The molecule has 0 amide bonds. The van der Waals surface area contributed by atoms with E-state index in [4.69, 9.17) is 20.3 Å². The van der Waals surface area contributed by atoms with Crippen molar-refractivity contribution in [1.29, 1.82) is 0 Å². The number of halogens is 1. The van der Waals surface area contributed by atoms with Gasteiger partial charge in [-0.2, -0.15) is 4.21 Å². The van der Waals surface area contributed by atoms with Crippen molar-refractivity contribution >= 4 is 23.0 Å². The zero-order valence-corrected chi connectivity index (χ0v) is 7.61. The summed E-state index contributed by atoms with van der Waals surface area (Å²) in [6, 6.07) is 0. The van der Waals surface area contributed by atoms with Crippen LogP contribution in [0.25, 0.3) is 0 Å². The molecule has 0 aromatic carbocycles. The summed E-state index contributed by atoms with van der Waals surface area (Å²) >= 11 is 3.71. The van der Waals surface area contributed by atoms with Crippen molar-refractivity contribution in [3.8, 4) is 0 Å². The number of hydrogen-bond donors (Lipinski definition) is 1. The molecule has 1 atom stereocenters. The molecule has 0 saturated heterocycles. The fourth-order valence-electron chi connectivity index (χ4n) is 1.23. The Bertz CT molecular complexity index is 145. The molecule has 5 heteroatoms. The summed E-state index contributed by atoms with van der Waals surface area (Å²) in [6.45, 7) is 0. The van der Waals surface area contributed by atoms with Gasteiger partial charge in [0.1, 0.15) is 0 Å². The van der Waals surface area contributed by atoms with Crippen LogP contribution in [-0.4, -0.2) is 20.2 Å². The van der Waals surface area contributed by atoms with Gasteiger partial charge >= 0.3 is 11.4 Å². The Morgan fingerprint density at radius 2 is 1.91 bits per heavy atom. The second kappa shape index (κ2) is 4.40. The average molecular weight is 199 g/mol. The molecular weight excluding hydrogens is 188 g/mol. The predicted octanol–water partition coefficient (Wildman–Crippen LogP) is 1.69. The number of hydrogen-bond acceptors (Lipinski definition) is 2. The minimum Gasteiger partial charge on any atom is -0.284 e. The van der Waals surface area contributed by atoms with E-state index in [2.05, 4.69) is 0 Å². The summed E-state index contributed by atoms with van der Waals surface area (Å²) < 4.78 is 23.3. The summed E-state index contributed by atoms with van der Waals surface area (Å²) in [4.78, 5) is 0. The van der Waals surface area contributed by atoms with Crippen LogP contribution in [0.4, 0.5) is 0 Å². The van der Waals surface area contributed by atoms with Gasteiger partial charge in [-0.15, -0.1) is 11.6 Å². The SMILES string of the molecule is O=S(O)OC1CCC(Cl)CC1.